The van der Waals surface area contributed by atoms with Crippen LogP contribution in [0.25, 0.3) is 0 Å². The van der Waals surface area contributed by atoms with Crippen molar-refractivity contribution in [3.63, 3.8) is 0 Å². The Hall–Kier alpha value is -1.63. The standard InChI is InChI=1S/C13H22N4O2S/c1-5-10-7-15-11(20-10)8-17-13(14-3)16-6-9(2)12(18)19-4/h7,9H,5-6,8H2,1-4H3,(H2,14,16,17). The molecule has 1 aromatic heterocycles. The second kappa shape index (κ2) is 8.52. The lowest BCUT2D eigenvalue weighted by atomic mass is 10.2. The molecule has 1 heterocycles. The van der Waals surface area contributed by atoms with Gasteiger partial charge in [0, 0.05) is 24.7 Å². The van der Waals surface area contributed by atoms with Crippen LogP contribution < -0.4 is 10.6 Å². The molecule has 20 heavy (non-hydrogen) atoms. The molecule has 6 nitrogen and oxygen atoms in total. The van der Waals surface area contributed by atoms with E-state index < -0.39 is 0 Å². The molecule has 0 bridgehead atoms. The Morgan fingerprint density at radius 3 is 2.85 bits per heavy atom. The summed E-state index contributed by atoms with van der Waals surface area (Å²) in [6.45, 7) is 5.02. The highest BCUT2D eigenvalue weighted by Gasteiger charge is 2.13. The van der Waals surface area contributed by atoms with Gasteiger partial charge in [-0.05, 0) is 6.42 Å². The number of hydrogen-bond donors (Lipinski definition) is 2. The third kappa shape index (κ3) is 5.16. The Kier molecular flexibility index (Phi) is 7.00. The van der Waals surface area contributed by atoms with Crippen LogP contribution >= 0.6 is 11.3 Å². The third-order valence-corrected chi connectivity index (χ3v) is 3.90. The number of aromatic nitrogens is 1. The van der Waals surface area contributed by atoms with Crippen molar-refractivity contribution in [1.82, 2.24) is 15.6 Å². The molecule has 0 aliphatic carbocycles. The molecule has 0 aromatic carbocycles. The zero-order chi connectivity index (χ0) is 15.0. The van der Waals surface area contributed by atoms with Gasteiger partial charge in [-0.25, -0.2) is 4.98 Å². The van der Waals surface area contributed by atoms with E-state index in [0.29, 0.717) is 19.0 Å². The van der Waals surface area contributed by atoms with Crippen molar-refractivity contribution in [2.45, 2.75) is 26.8 Å². The molecule has 0 aliphatic rings. The zero-order valence-electron chi connectivity index (χ0n) is 12.4. The van der Waals surface area contributed by atoms with Gasteiger partial charge in [-0.2, -0.15) is 0 Å². The monoisotopic (exact) mass is 298 g/mol. The molecular weight excluding hydrogens is 276 g/mol. The summed E-state index contributed by atoms with van der Waals surface area (Å²) in [6, 6.07) is 0. The molecule has 0 fully saturated rings. The predicted molar refractivity (Wildman–Crippen MR) is 80.9 cm³/mol. The minimum atomic E-state index is -0.236. The number of carbonyl (C=O) groups is 1. The molecule has 0 amide bonds. The van der Waals surface area contributed by atoms with E-state index in [1.54, 1.807) is 25.3 Å². The van der Waals surface area contributed by atoms with Crippen LogP contribution in [-0.4, -0.2) is 37.6 Å². The minimum Gasteiger partial charge on any atom is -0.469 e. The van der Waals surface area contributed by atoms with E-state index in [1.807, 2.05) is 6.20 Å². The SMILES string of the molecule is CCc1cnc(CNC(=NC)NCC(C)C(=O)OC)s1. The number of methoxy groups -OCH3 is 1. The summed E-state index contributed by atoms with van der Waals surface area (Å²) in [7, 11) is 3.08. The topological polar surface area (TPSA) is 75.6 Å². The van der Waals surface area contributed by atoms with Gasteiger partial charge >= 0.3 is 5.97 Å². The fraction of sp³-hybridized carbons (Fsp3) is 0.615. The number of esters is 1. The van der Waals surface area contributed by atoms with Gasteiger partial charge < -0.3 is 15.4 Å². The molecule has 2 N–H and O–H groups in total. The van der Waals surface area contributed by atoms with E-state index in [-0.39, 0.29) is 11.9 Å². The number of thiazole rings is 1. The van der Waals surface area contributed by atoms with E-state index in [0.717, 1.165) is 11.4 Å². The predicted octanol–water partition coefficient (Wildman–Crippen LogP) is 1.18. The largest absolute Gasteiger partial charge is 0.469 e. The highest BCUT2D eigenvalue weighted by atomic mass is 32.1. The number of ether oxygens (including phenoxy) is 1. The number of aryl methyl sites for hydroxylation is 1. The van der Waals surface area contributed by atoms with Crippen LogP contribution in [-0.2, 0) is 22.5 Å². The smallest absolute Gasteiger partial charge is 0.310 e. The Balaban J connectivity index is 2.38. The lowest BCUT2D eigenvalue weighted by Gasteiger charge is -2.14. The number of guanidine groups is 1. The van der Waals surface area contributed by atoms with Crippen molar-refractivity contribution in [1.29, 1.82) is 0 Å². The molecule has 112 valence electrons. The second-order valence-corrected chi connectivity index (χ2v) is 5.50. The van der Waals surface area contributed by atoms with Gasteiger partial charge in [0.1, 0.15) is 5.01 Å². The quantitative estimate of drug-likeness (QED) is 0.468. The maximum absolute atomic E-state index is 11.3. The maximum atomic E-state index is 11.3. The number of hydrogen-bond acceptors (Lipinski definition) is 5. The molecule has 0 aliphatic heterocycles. The van der Waals surface area contributed by atoms with E-state index >= 15 is 0 Å². The summed E-state index contributed by atoms with van der Waals surface area (Å²) in [5.74, 6) is 0.194. The molecule has 1 rings (SSSR count). The van der Waals surface area contributed by atoms with Gasteiger partial charge in [-0.3, -0.25) is 9.79 Å². The summed E-state index contributed by atoms with van der Waals surface area (Å²) in [4.78, 5) is 21.0. The first-order chi connectivity index (χ1) is 9.60. The Morgan fingerprint density at radius 2 is 2.30 bits per heavy atom. The van der Waals surface area contributed by atoms with E-state index in [9.17, 15) is 4.79 Å². The minimum absolute atomic E-state index is 0.217. The van der Waals surface area contributed by atoms with Crippen molar-refractivity contribution in [2.24, 2.45) is 10.9 Å². The van der Waals surface area contributed by atoms with Crippen LogP contribution in [0.3, 0.4) is 0 Å². The number of nitrogens with zero attached hydrogens (tertiary/aromatic N) is 2. The lowest BCUT2D eigenvalue weighted by Crippen LogP contribution is -2.40. The molecular formula is C13H22N4O2S. The fourth-order valence-electron chi connectivity index (χ4n) is 1.51. The highest BCUT2D eigenvalue weighted by molar-refractivity contribution is 7.11. The van der Waals surface area contributed by atoms with Crippen molar-refractivity contribution in [3.8, 4) is 0 Å². The average molecular weight is 298 g/mol. The molecule has 1 atom stereocenters. The number of rotatable bonds is 6. The normalized spacial score (nSPS) is 12.9. The first kappa shape index (κ1) is 16.4. The number of carbonyl (C=O) groups excluding carboxylic acids is 1. The Morgan fingerprint density at radius 1 is 1.55 bits per heavy atom. The van der Waals surface area contributed by atoms with Crippen LogP contribution in [0.15, 0.2) is 11.2 Å². The van der Waals surface area contributed by atoms with Crippen LogP contribution in [0.1, 0.15) is 23.7 Å². The first-order valence-electron chi connectivity index (χ1n) is 6.56. The molecule has 0 saturated carbocycles. The molecule has 0 radical (unpaired) electrons. The molecule has 1 aromatic rings. The van der Waals surface area contributed by atoms with Crippen LogP contribution in [0.2, 0.25) is 0 Å². The van der Waals surface area contributed by atoms with Gasteiger partial charge in [-0.15, -0.1) is 11.3 Å². The number of nitrogens with one attached hydrogen (secondary N) is 2. The van der Waals surface area contributed by atoms with Crippen LogP contribution in [0, 0.1) is 5.92 Å². The van der Waals surface area contributed by atoms with Crippen LogP contribution in [0.5, 0.6) is 0 Å². The van der Waals surface area contributed by atoms with E-state index in [2.05, 4.69) is 32.3 Å². The van der Waals surface area contributed by atoms with Gasteiger partial charge in [0.25, 0.3) is 0 Å². The Labute approximate surface area is 123 Å². The average Bonchev–Trinajstić information content (AvgIpc) is 2.94. The third-order valence-electron chi connectivity index (χ3n) is 2.76. The first-order valence-corrected chi connectivity index (χ1v) is 7.38. The Bertz CT molecular complexity index is 459. The second-order valence-electron chi connectivity index (χ2n) is 4.30. The zero-order valence-corrected chi connectivity index (χ0v) is 13.2. The van der Waals surface area contributed by atoms with Gasteiger partial charge in [0.2, 0.25) is 0 Å². The van der Waals surface area contributed by atoms with Crippen molar-refractivity contribution in [2.75, 3.05) is 20.7 Å². The van der Waals surface area contributed by atoms with E-state index in [1.165, 1.54) is 12.0 Å². The fourth-order valence-corrected chi connectivity index (χ4v) is 2.31. The van der Waals surface area contributed by atoms with Gasteiger partial charge in [0.05, 0.1) is 19.6 Å². The lowest BCUT2D eigenvalue weighted by molar-refractivity contribution is -0.144. The van der Waals surface area contributed by atoms with Crippen molar-refractivity contribution >= 4 is 23.3 Å². The van der Waals surface area contributed by atoms with Gasteiger partial charge in [-0.1, -0.05) is 13.8 Å². The number of aliphatic imine (C=N–C) groups is 1. The summed E-state index contributed by atoms with van der Waals surface area (Å²) in [5, 5.41) is 7.28. The maximum Gasteiger partial charge on any atom is 0.310 e. The summed E-state index contributed by atoms with van der Waals surface area (Å²) in [5.41, 5.74) is 0. The molecule has 0 saturated heterocycles. The summed E-state index contributed by atoms with van der Waals surface area (Å²) >= 11 is 1.69. The van der Waals surface area contributed by atoms with Crippen molar-refractivity contribution in [3.05, 3.63) is 16.1 Å². The van der Waals surface area contributed by atoms with Gasteiger partial charge in [0.15, 0.2) is 5.96 Å². The van der Waals surface area contributed by atoms with Crippen LogP contribution in [0.4, 0.5) is 0 Å². The van der Waals surface area contributed by atoms with E-state index in [4.69, 9.17) is 0 Å². The summed E-state index contributed by atoms with van der Waals surface area (Å²) < 4.78 is 4.67. The molecule has 1 unspecified atom stereocenters. The molecule has 0 spiro atoms. The summed E-state index contributed by atoms with van der Waals surface area (Å²) in [6.07, 6.45) is 2.90. The highest BCUT2D eigenvalue weighted by Crippen LogP contribution is 2.12. The molecule has 7 heteroatoms. The van der Waals surface area contributed by atoms with Crippen molar-refractivity contribution < 1.29 is 9.53 Å².